The van der Waals surface area contributed by atoms with E-state index in [1.165, 1.54) is 0 Å². The zero-order valence-corrected chi connectivity index (χ0v) is 24.7. The summed E-state index contributed by atoms with van der Waals surface area (Å²) in [6, 6.07) is 0. The van der Waals surface area contributed by atoms with E-state index in [4.69, 9.17) is 0 Å². The predicted molar refractivity (Wildman–Crippen MR) is 189 cm³/mol. The SMILES string of the molecule is C.C.C.C.C.C.C.C.C.C.C.CC.CC.CC.I.I.I.S.S.S.[2HH].[H-].[K+].[V]. The van der Waals surface area contributed by atoms with Crippen LogP contribution in [0.3, 0.4) is 0 Å². The minimum absolute atomic E-state index is 0. The molecular formula is C17H74I3KS3V. The summed E-state index contributed by atoms with van der Waals surface area (Å²) in [5.74, 6) is 0. The van der Waals surface area contributed by atoms with Crippen LogP contribution in [0.2, 0.25) is 0 Å². The van der Waals surface area contributed by atoms with Crippen molar-refractivity contribution in [1.82, 2.24) is 0 Å². The first-order chi connectivity index (χ1) is 3.00. The maximum Gasteiger partial charge on any atom is 1.00 e. The van der Waals surface area contributed by atoms with Crippen molar-refractivity contribution in [3.63, 3.8) is 0 Å². The summed E-state index contributed by atoms with van der Waals surface area (Å²) in [6.07, 6.45) is 0. The Morgan fingerprint density at radius 3 is 0.360 bits per heavy atom. The Labute approximate surface area is 303 Å². The van der Waals surface area contributed by atoms with Crippen LogP contribution in [0.25, 0.3) is 0 Å². The second-order valence-electron chi connectivity index (χ2n) is 0. The summed E-state index contributed by atoms with van der Waals surface area (Å²) in [4.78, 5) is 0. The van der Waals surface area contributed by atoms with Crippen LogP contribution in [-0.2, 0) is 18.6 Å². The molecule has 0 aromatic rings. The van der Waals surface area contributed by atoms with E-state index in [0.717, 1.165) is 0 Å². The van der Waals surface area contributed by atoms with Crippen molar-refractivity contribution in [2.24, 2.45) is 0 Å². The van der Waals surface area contributed by atoms with Gasteiger partial charge >= 0.3 is 51.4 Å². The quantitative estimate of drug-likeness (QED) is 0.169. The third kappa shape index (κ3) is 745. The van der Waals surface area contributed by atoms with Gasteiger partial charge < -0.3 is 1.43 Å². The van der Waals surface area contributed by atoms with Gasteiger partial charge in [0.15, 0.2) is 0 Å². The van der Waals surface area contributed by atoms with Gasteiger partial charge in [-0.15, -0.1) is 71.9 Å². The molecule has 187 valence electrons. The Balaban J connectivity index is -0.000000000164. The fourth-order valence-electron chi connectivity index (χ4n) is 0. The number of hydrogen-bond acceptors (Lipinski definition) is 0. The molecule has 0 aromatic heterocycles. The number of rotatable bonds is 0. The van der Waals surface area contributed by atoms with Crippen molar-refractivity contribution < 1.29 is 72.8 Å². The Morgan fingerprint density at radius 1 is 0.360 bits per heavy atom. The average molecular weight is 847 g/mol. The van der Waals surface area contributed by atoms with Gasteiger partial charge in [-0.1, -0.05) is 123 Å². The van der Waals surface area contributed by atoms with Crippen LogP contribution in [0, 0.1) is 0 Å². The fourth-order valence-corrected chi connectivity index (χ4v) is 0. The fraction of sp³-hybridized carbons (Fsp3) is 1.00. The first kappa shape index (κ1) is 369. The molecule has 0 unspecified atom stereocenters. The third-order valence-electron chi connectivity index (χ3n) is 0. The Bertz CT molecular complexity index is 47.4. The van der Waals surface area contributed by atoms with Gasteiger partial charge in [-0.3, -0.25) is 0 Å². The smallest absolute Gasteiger partial charge is 1.00 e. The van der Waals surface area contributed by atoms with E-state index in [-0.39, 0.29) is 267 Å². The van der Waals surface area contributed by atoms with Crippen LogP contribution < -0.4 is 51.4 Å². The summed E-state index contributed by atoms with van der Waals surface area (Å²) in [7, 11) is 0. The van der Waals surface area contributed by atoms with Crippen molar-refractivity contribution >= 4 is 112 Å². The molecule has 0 aliphatic carbocycles. The molecule has 0 rings (SSSR count). The molecule has 0 atom stereocenters. The van der Waals surface area contributed by atoms with Gasteiger partial charge in [0.1, 0.15) is 0 Å². The molecular weight excluding hydrogens is 771 g/mol. The molecule has 0 saturated heterocycles. The first-order valence-corrected chi connectivity index (χ1v) is 3.00. The Morgan fingerprint density at radius 2 is 0.360 bits per heavy atom. The maximum atomic E-state index is 2.00. The summed E-state index contributed by atoms with van der Waals surface area (Å²) in [5.41, 5.74) is 0. The van der Waals surface area contributed by atoms with Crippen LogP contribution in [-0.4, -0.2) is 0 Å². The molecule has 0 aliphatic rings. The summed E-state index contributed by atoms with van der Waals surface area (Å²) in [5, 5.41) is 0. The van der Waals surface area contributed by atoms with Gasteiger partial charge in [-0.25, -0.2) is 0 Å². The van der Waals surface area contributed by atoms with Crippen LogP contribution >= 0.6 is 112 Å². The second-order valence-corrected chi connectivity index (χ2v) is 0. The molecule has 0 bridgehead atoms. The molecule has 0 spiro atoms. The van der Waals surface area contributed by atoms with Gasteiger partial charge in [0.25, 0.3) is 0 Å². The van der Waals surface area contributed by atoms with Crippen LogP contribution in [0.4, 0.5) is 0 Å². The van der Waals surface area contributed by atoms with Crippen LogP contribution in [0.1, 0.15) is 126 Å². The zero-order valence-electron chi connectivity index (χ0n) is 11.2. The molecule has 0 nitrogen and oxygen atoms in total. The summed E-state index contributed by atoms with van der Waals surface area (Å²) in [6.45, 7) is 12.0. The predicted octanol–water partition coefficient (Wildman–Crippen LogP) is 9.63. The van der Waals surface area contributed by atoms with Gasteiger partial charge in [-0.05, 0) is 0 Å². The van der Waals surface area contributed by atoms with Gasteiger partial charge in [0.05, 0.1) is 0 Å². The zero-order chi connectivity index (χ0) is 6.00. The largest absolute Gasteiger partial charge is 1.00 e. The Kier molecular flexibility index (Phi) is 11800. The molecule has 0 N–H and O–H groups in total. The summed E-state index contributed by atoms with van der Waals surface area (Å²) < 4.78 is 0. The van der Waals surface area contributed by atoms with E-state index < -0.39 is 0 Å². The average Bonchev–Trinajstić information content (AvgIpc) is 1.81. The third-order valence-corrected chi connectivity index (χ3v) is 0. The molecule has 8 heteroatoms. The minimum atomic E-state index is 0. The van der Waals surface area contributed by atoms with E-state index in [9.17, 15) is 0 Å². The van der Waals surface area contributed by atoms with E-state index in [1.54, 1.807) is 0 Å². The van der Waals surface area contributed by atoms with Crippen molar-refractivity contribution in [2.75, 3.05) is 0 Å². The molecule has 0 aromatic carbocycles. The van der Waals surface area contributed by atoms with Crippen molar-refractivity contribution in [3.05, 3.63) is 0 Å². The van der Waals surface area contributed by atoms with Crippen LogP contribution in [0.5, 0.6) is 0 Å². The molecule has 0 saturated carbocycles. The normalized spacial score (nSPS) is 0.720. The minimum Gasteiger partial charge on any atom is -1.00 e. The molecule has 0 aliphatic heterocycles. The molecule has 1 radical (unpaired) electrons. The van der Waals surface area contributed by atoms with Gasteiger partial charge in [-0.2, -0.15) is 40.5 Å². The molecule has 0 fully saturated rings. The van der Waals surface area contributed by atoms with E-state index in [2.05, 4.69) is 0 Å². The standard InChI is InChI=1S/3C2H6.11CH4.3HI.K.3H2S.V.H2.H/c3*1-2;;;;;;;;;;;;;;;;;;;;;/h3*1-2H3;11*1H4;3*1H;;3*1H2;;1H;/q;;;;;;;;;;;;;;;;;+1;;;;;;-1/i;;;;;;;;;;;;;;;;;;;;;;1+1;. The first-order valence-electron chi connectivity index (χ1n) is 3.00. The van der Waals surface area contributed by atoms with Gasteiger partial charge in [0, 0.05) is 20.0 Å². The number of hydrogen-bond donors (Lipinski definition) is 0. The maximum absolute atomic E-state index is 2.00. The van der Waals surface area contributed by atoms with Crippen molar-refractivity contribution in [3.8, 4) is 0 Å². The second kappa shape index (κ2) is 800. The topological polar surface area (TPSA) is 0 Å². The van der Waals surface area contributed by atoms with Crippen molar-refractivity contribution in [2.45, 2.75) is 123 Å². The van der Waals surface area contributed by atoms with Crippen LogP contribution in [0.15, 0.2) is 0 Å². The summed E-state index contributed by atoms with van der Waals surface area (Å²) >= 11 is 0. The van der Waals surface area contributed by atoms with E-state index in [0.29, 0.717) is 0 Å². The van der Waals surface area contributed by atoms with E-state index >= 15 is 0 Å². The van der Waals surface area contributed by atoms with Gasteiger partial charge in [0.2, 0.25) is 0 Å². The molecule has 25 heavy (non-hydrogen) atoms. The molecule has 0 amide bonds. The molecule has 0 heterocycles. The van der Waals surface area contributed by atoms with Crippen molar-refractivity contribution in [1.29, 1.82) is 0 Å². The van der Waals surface area contributed by atoms with E-state index in [1.807, 2.05) is 41.5 Å². The monoisotopic (exact) mass is 846 g/mol. The number of halogens is 3. The Hall–Kier alpha value is 5.46.